The van der Waals surface area contributed by atoms with E-state index in [0.29, 0.717) is 33.2 Å². The van der Waals surface area contributed by atoms with Gasteiger partial charge >= 0.3 is 0 Å². The van der Waals surface area contributed by atoms with Gasteiger partial charge in [-0.3, -0.25) is 4.79 Å². The van der Waals surface area contributed by atoms with Crippen LogP contribution in [0.2, 0.25) is 0 Å². The number of aromatic hydroxyl groups is 1. The number of nitrogens with zero attached hydrogens (tertiary/aromatic N) is 1. The summed E-state index contributed by atoms with van der Waals surface area (Å²) in [6.45, 7) is 0. The SMILES string of the molecule is O=Nc1c(-c2c(O)[nH]c3ccc(NC(=O)/C=C/c4ccccc4)cc23)[nH]c2ccccc12. The second-order valence-corrected chi connectivity index (χ2v) is 7.33. The maximum atomic E-state index is 12.4. The number of hydrogen-bond donors (Lipinski definition) is 4. The molecule has 0 spiro atoms. The summed E-state index contributed by atoms with van der Waals surface area (Å²) < 4.78 is 0. The average Bonchev–Trinajstić information content (AvgIpc) is 3.34. The Morgan fingerprint density at radius 3 is 2.47 bits per heavy atom. The van der Waals surface area contributed by atoms with Gasteiger partial charge in [-0.25, -0.2) is 0 Å². The van der Waals surface area contributed by atoms with Crippen LogP contribution >= 0.6 is 0 Å². The summed E-state index contributed by atoms with van der Waals surface area (Å²) in [4.78, 5) is 30.1. The topological polar surface area (TPSA) is 110 Å². The quantitative estimate of drug-likeness (QED) is 0.204. The van der Waals surface area contributed by atoms with E-state index in [2.05, 4.69) is 20.5 Å². The molecule has 5 rings (SSSR count). The summed E-state index contributed by atoms with van der Waals surface area (Å²) in [5, 5.41) is 17.9. The Morgan fingerprint density at radius 1 is 0.906 bits per heavy atom. The number of H-pyrrole nitrogens is 2. The van der Waals surface area contributed by atoms with Crippen molar-refractivity contribution in [3.63, 3.8) is 0 Å². The van der Waals surface area contributed by atoms with Crippen LogP contribution in [0.15, 0.2) is 84.0 Å². The van der Waals surface area contributed by atoms with Crippen molar-refractivity contribution in [2.75, 3.05) is 5.32 Å². The molecule has 0 saturated heterocycles. The number of carbonyl (C=O) groups is 1. The zero-order valence-corrected chi connectivity index (χ0v) is 16.8. The van der Waals surface area contributed by atoms with Gasteiger partial charge in [0.15, 0.2) is 5.88 Å². The molecular weight excluding hydrogens is 404 g/mol. The molecule has 0 bridgehead atoms. The van der Waals surface area contributed by atoms with E-state index in [1.54, 1.807) is 30.3 Å². The van der Waals surface area contributed by atoms with Crippen LogP contribution in [0.3, 0.4) is 0 Å². The number of amides is 1. The lowest BCUT2D eigenvalue weighted by atomic mass is 10.1. The fraction of sp³-hybridized carbons (Fsp3) is 0. The lowest BCUT2D eigenvalue weighted by Gasteiger charge is -2.04. The third-order valence-electron chi connectivity index (χ3n) is 5.29. The van der Waals surface area contributed by atoms with Gasteiger partial charge in [0.05, 0.1) is 11.3 Å². The average molecular weight is 422 g/mol. The van der Waals surface area contributed by atoms with Gasteiger partial charge in [0, 0.05) is 33.6 Å². The van der Waals surface area contributed by atoms with E-state index in [0.717, 1.165) is 11.1 Å². The van der Waals surface area contributed by atoms with E-state index in [1.807, 2.05) is 48.5 Å². The van der Waals surface area contributed by atoms with Crippen molar-refractivity contribution in [2.45, 2.75) is 0 Å². The first kappa shape index (κ1) is 19.3. The van der Waals surface area contributed by atoms with Crippen LogP contribution in [-0.4, -0.2) is 21.0 Å². The van der Waals surface area contributed by atoms with E-state index in [4.69, 9.17) is 0 Å². The summed E-state index contributed by atoms with van der Waals surface area (Å²) in [5.41, 5.74) is 3.92. The van der Waals surface area contributed by atoms with Gasteiger partial charge in [-0.15, -0.1) is 4.91 Å². The maximum Gasteiger partial charge on any atom is 0.248 e. The Labute approximate surface area is 182 Å². The van der Waals surface area contributed by atoms with Crippen molar-refractivity contribution in [1.29, 1.82) is 0 Å². The molecule has 4 N–H and O–H groups in total. The van der Waals surface area contributed by atoms with E-state index < -0.39 is 0 Å². The Kier molecular flexibility index (Phi) is 4.76. The maximum absolute atomic E-state index is 12.4. The summed E-state index contributed by atoms with van der Waals surface area (Å²) in [6, 6.07) is 22.1. The number of carbonyl (C=O) groups excluding carboxylic acids is 1. The van der Waals surface area contributed by atoms with Gasteiger partial charge in [0.25, 0.3) is 0 Å². The highest BCUT2D eigenvalue weighted by Gasteiger charge is 2.21. The molecule has 2 aromatic heterocycles. The molecule has 2 heterocycles. The number of nitroso groups, excluding NO2 is 1. The number of hydrogen-bond acceptors (Lipinski definition) is 4. The molecule has 1 amide bonds. The number of aromatic amines is 2. The van der Waals surface area contributed by atoms with Crippen molar-refractivity contribution in [3.05, 3.63) is 89.3 Å². The smallest absolute Gasteiger partial charge is 0.248 e. The molecule has 0 saturated carbocycles. The molecule has 0 atom stereocenters. The summed E-state index contributed by atoms with van der Waals surface area (Å²) in [6.07, 6.45) is 3.19. The van der Waals surface area contributed by atoms with Crippen molar-refractivity contribution in [2.24, 2.45) is 5.18 Å². The van der Waals surface area contributed by atoms with E-state index in [1.165, 1.54) is 6.08 Å². The minimum Gasteiger partial charge on any atom is -0.494 e. The van der Waals surface area contributed by atoms with E-state index in [9.17, 15) is 14.8 Å². The van der Waals surface area contributed by atoms with Crippen LogP contribution in [0.25, 0.3) is 39.1 Å². The van der Waals surface area contributed by atoms with Crippen molar-refractivity contribution < 1.29 is 9.90 Å². The zero-order chi connectivity index (χ0) is 22.1. The van der Waals surface area contributed by atoms with Crippen LogP contribution < -0.4 is 5.32 Å². The Morgan fingerprint density at radius 2 is 1.66 bits per heavy atom. The van der Waals surface area contributed by atoms with Gasteiger partial charge in [-0.1, -0.05) is 48.5 Å². The molecule has 0 aliphatic rings. The molecule has 0 fully saturated rings. The van der Waals surface area contributed by atoms with Gasteiger partial charge in [0.2, 0.25) is 5.91 Å². The van der Waals surface area contributed by atoms with Gasteiger partial charge in [-0.05, 0) is 41.1 Å². The molecule has 32 heavy (non-hydrogen) atoms. The number of rotatable bonds is 5. The third kappa shape index (κ3) is 3.41. The number of para-hydroxylation sites is 1. The predicted molar refractivity (Wildman–Crippen MR) is 127 cm³/mol. The fourth-order valence-electron chi connectivity index (χ4n) is 3.83. The first-order valence-corrected chi connectivity index (χ1v) is 9.97. The highest BCUT2D eigenvalue weighted by atomic mass is 16.3. The van der Waals surface area contributed by atoms with E-state index >= 15 is 0 Å². The molecule has 0 unspecified atom stereocenters. The van der Waals surface area contributed by atoms with Crippen LogP contribution in [0.1, 0.15) is 5.56 Å². The number of nitrogens with one attached hydrogen (secondary N) is 3. The monoisotopic (exact) mass is 422 g/mol. The first-order valence-electron chi connectivity index (χ1n) is 9.97. The lowest BCUT2D eigenvalue weighted by molar-refractivity contribution is -0.111. The number of anilines is 1. The molecule has 0 aliphatic heterocycles. The Balaban J connectivity index is 1.53. The minimum absolute atomic E-state index is 0.0936. The normalized spacial score (nSPS) is 11.4. The lowest BCUT2D eigenvalue weighted by Crippen LogP contribution is -2.07. The van der Waals surface area contributed by atoms with Crippen molar-refractivity contribution in [3.8, 4) is 17.1 Å². The zero-order valence-electron chi connectivity index (χ0n) is 16.8. The largest absolute Gasteiger partial charge is 0.494 e. The fourth-order valence-corrected chi connectivity index (χ4v) is 3.83. The number of benzene rings is 3. The number of aromatic nitrogens is 2. The Hall–Kier alpha value is -4.65. The predicted octanol–water partition coefficient (Wildman–Crippen LogP) is 6.07. The highest BCUT2D eigenvalue weighted by molar-refractivity contribution is 6.09. The van der Waals surface area contributed by atoms with Crippen LogP contribution in [0.5, 0.6) is 5.88 Å². The summed E-state index contributed by atoms with van der Waals surface area (Å²) in [7, 11) is 0. The highest BCUT2D eigenvalue weighted by Crippen LogP contribution is 2.44. The Bertz CT molecular complexity index is 1500. The van der Waals surface area contributed by atoms with Gasteiger partial charge in [-0.2, -0.15) is 0 Å². The molecule has 7 heteroatoms. The molecule has 3 aromatic carbocycles. The minimum atomic E-state index is -0.282. The molecule has 7 nitrogen and oxygen atoms in total. The van der Waals surface area contributed by atoms with Crippen LogP contribution in [-0.2, 0) is 4.79 Å². The molecule has 0 radical (unpaired) electrons. The van der Waals surface area contributed by atoms with Crippen LogP contribution in [0, 0.1) is 4.91 Å². The van der Waals surface area contributed by atoms with E-state index in [-0.39, 0.29) is 17.5 Å². The third-order valence-corrected chi connectivity index (χ3v) is 5.29. The standard InChI is InChI=1S/C25H18N4O3/c30-21(13-10-15-6-2-1-3-7-15)26-16-11-12-20-18(14-16)22(25(31)28-20)24-23(29-32)17-8-4-5-9-19(17)27-24/h1-14,27-28,31H,(H,26,30)/b13-10+. The van der Waals surface area contributed by atoms with Gasteiger partial charge < -0.3 is 20.4 Å². The summed E-state index contributed by atoms with van der Waals surface area (Å²) >= 11 is 0. The summed E-state index contributed by atoms with van der Waals surface area (Å²) in [5.74, 6) is -0.376. The van der Waals surface area contributed by atoms with Gasteiger partial charge in [0.1, 0.15) is 5.69 Å². The molecule has 5 aromatic rings. The number of fused-ring (bicyclic) bond motifs is 2. The molecule has 156 valence electrons. The van der Waals surface area contributed by atoms with Crippen LogP contribution in [0.4, 0.5) is 11.4 Å². The first-order chi connectivity index (χ1) is 15.6. The second-order valence-electron chi connectivity index (χ2n) is 7.33. The molecular formula is C25H18N4O3. The van der Waals surface area contributed by atoms with Crippen molar-refractivity contribution >= 4 is 45.2 Å². The molecule has 0 aliphatic carbocycles. The van der Waals surface area contributed by atoms with Crippen molar-refractivity contribution in [1.82, 2.24) is 9.97 Å². The second kappa shape index (κ2) is 7.88.